The molecule has 1 aromatic rings. The fourth-order valence-electron chi connectivity index (χ4n) is 2.42. The number of hydrogen-bond acceptors (Lipinski definition) is 3. The Labute approximate surface area is 132 Å². The molecule has 0 spiro atoms. The molecule has 2 nitrogen and oxygen atoms in total. The lowest BCUT2D eigenvalue weighted by Gasteiger charge is -2.21. The number of aliphatic imine (C=N–C) groups is 1. The number of nitrogens with zero attached hydrogens (tertiary/aromatic N) is 2. The molecule has 0 atom stereocenters. The van der Waals surface area contributed by atoms with Gasteiger partial charge in [-0.05, 0) is 31.9 Å². The summed E-state index contributed by atoms with van der Waals surface area (Å²) in [5.41, 5.74) is 4.97. The van der Waals surface area contributed by atoms with Gasteiger partial charge in [-0.15, -0.1) is 0 Å². The first-order valence-corrected chi connectivity index (χ1v) is 8.24. The Balaban J connectivity index is 2.33. The fraction of sp³-hybridized carbons (Fsp3) is 0.389. The molecule has 1 aliphatic heterocycles. The van der Waals surface area contributed by atoms with Crippen molar-refractivity contribution < 1.29 is 0 Å². The van der Waals surface area contributed by atoms with Crippen LogP contribution in [0.3, 0.4) is 0 Å². The summed E-state index contributed by atoms with van der Waals surface area (Å²) in [6, 6.07) is 8.66. The third-order valence-corrected chi connectivity index (χ3v) is 5.00. The Hall–Kier alpha value is -1.48. The Kier molecular flexibility index (Phi) is 5.29. The monoisotopic (exact) mass is 300 g/mol. The molecule has 0 aliphatic carbocycles. The van der Waals surface area contributed by atoms with Crippen molar-refractivity contribution in [3.8, 4) is 0 Å². The molecule has 0 saturated carbocycles. The van der Waals surface area contributed by atoms with Crippen molar-refractivity contribution in [3.63, 3.8) is 0 Å². The van der Waals surface area contributed by atoms with Crippen LogP contribution in [0.25, 0.3) is 4.91 Å². The molecule has 1 heterocycles. The van der Waals surface area contributed by atoms with Crippen LogP contribution in [-0.2, 0) is 0 Å². The van der Waals surface area contributed by atoms with Crippen LogP contribution < -0.4 is 0 Å². The van der Waals surface area contributed by atoms with Gasteiger partial charge < -0.3 is 4.90 Å². The highest BCUT2D eigenvalue weighted by molar-refractivity contribution is 8.13. The minimum absolute atomic E-state index is 1.08. The second-order valence-electron chi connectivity index (χ2n) is 5.43. The standard InChI is InChI=1S/C18H24N2S/c1-6-10-20(5)14(3)18-16(19-4)12-17(21-18)15-9-7-8-13(2)11-15/h7-9,11-12H,6,10H2,1-5H3/b18-14-,19-16-. The van der Waals surface area contributed by atoms with Crippen LogP contribution >= 0.6 is 11.8 Å². The van der Waals surface area contributed by atoms with E-state index in [9.17, 15) is 0 Å². The van der Waals surface area contributed by atoms with Crippen molar-refractivity contribution >= 4 is 22.4 Å². The maximum Gasteiger partial charge on any atom is 0.0739 e. The van der Waals surface area contributed by atoms with E-state index in [1.807, 2.05) is 18.8 Å². The highest BCUT2D eigenvalue weighted by atomic mass is 32.2. The van der Waals surface area contributed by atoms with Crippen LogP contribution in [0.2, 0.25) is 0 Å². The summed E-state index contributed by atoms with van der Waals surface area (Å²) in [5, 5.41) is 0. The van der Waals surface area contributed by atoms with Gasteiger partial charge in [-0.2, -0.15) is 0 Å². The molecule has 0 aromatic heterocycles. The normalized spacial score (nSPS) is 18.9. The van der Waals surface area contributed by atoms with E-state index in [0.717, 1.165) is 18.7 Å². The van der Waals surface area contributed by atoms with Gasteiger partial charge in [0.2, 0.25) is 0 Å². The number of thioether (sulfide) groups is 1. The van der Waals surface area contributed by atoms with Crippen LogP contribution in [0.5, 0.6) is 0 Å². The quantitative estimate of drug-likeness (QED) is 0.799. The van der Waals surface area contributed by atoms with Crippen LogP contribution in [-0.4, -0.2) is 31.3 Å². The maximum atomic E-state index is 4.47. The molecule has 0 radical (unpaired) electrons. The smallest absolute Gasteiger partial charge is 0.0739 e. The minimum Gasteiger partial charge on any atom is -0.377 e. The summed E-state index contributed by atoms with van der Waals surface area (Å²) in [5.74, 6) is 0. The number of hydrogen-bond donors (Lipinski definition) is 0. The van der Waals surface area contributed by atoms with E-state index in [1.54, 1.807) is 0 Å². The van der Waals surface area contributed by atoms with E-state index in [1.165, 1.54) is 26.6 Å². The molecule has 0 bridgehead atoms. The van der Waals surface area contributed by atoms with Crippen molar-refractivity contribution in [2.75, 3.05) is 20.6 Å². The first-order valence-electron chi connectivity index (χ1n) is 7.42. The third-order valence-electron chi connectivity index (χ3n) is 3.72. The topological polar surface area (TPSA) is 15.6 Å². The summed E-state index contributed by atoms with van der Waals surface area (Å²) in [6.45, 7) is 7.61. The number of benzene rings is 1. The Morgan fingerprint density at radius 1 is 1.33 bits per heavy atom. The predicted molar refractivity (Wildman–Crippen MR) is 95.7 cm³/mol. The molecule has 3 heteroatoms. The molecule has 0 N–H and O–H groups in total. The zero-order chi connectivity index (χ0) is 15.4. The van der Waals surface area contributed by atoms with E-state index >= 15 is 0 Å². The Morgan fingerprint density at radius 2 is 2.10 bits per heavy atom. The molecule has 1 aromatic carbocycles. The van der Waals surface area contributed by atoms with Gasteiger partial charge in [-0.1, -0.05) is 48.5 Å². The van der Waals surface area contributed by atoms with Gasteiger partial charge >= 0.3 is 0 Å². The highest BCUT2D eigenvalue weighted by Gasteiger charge is 2.22. The van der Waals surface area contributed by atoms with Crippen molar-refractivity contribution in [2.45, 2.75) is 27.2 Å². The second kappa shape index (κ2) is 6.99. The molecule has 2 rings (SSSR count). The predicted octanol–water partition coefficient (Wildman–Crippen LogP) is 4.73. The van der Waals surface area contributed by atoms with Gasteiger partial charge in [-0.3, -0.25) is 4.99 Å². The molecule has 112 valence electrons. The molecular formula is C18H24N2S. The first-order chi connectivity index (χ1) is 10.1. The summed E-state index contributed by atoms with van der Waals surface area (Å²) in [6.07, 6.45) is 3.36. The van der Waals surface area contributed by atoms with E-state index in [2.05, 4.69) is 68.1 Å². The van der Waals surface area contributed by atoms with Gasteiger partial charge in [-0.25, -0.2) is 0 Å². The van der Waals surface area contributed by atoms with Gasteiger partial charge in [0.15, 0.2) is 0 Å². The van der Waals surface area contributed by atoms with E-state index < -0.39 is 0 Å². The van der Waals surface area contributed by atoms with E-state index in [4.69, 9.17) is 0 Å². The SMILES string of the molecule is CCCN(C)/C(C)=C1\SC(c2cccc(C)c2)=C\C1=N\C. The first kappa shape index (κ1) is 15.9. The summed E-state index contributed by atoms with van der Waals surface area (Å²) in [4.78, 5) is 9.36. The zero-order valence-electron chi connectivity index (χ0n) is 13.6. The lowest BCUT2D eigenvalue weighted by molar-refractivity contribution is 0.417. The summed E-state index contributed by atoms with van der Waals surface area (Å²) >= 11 is 1.84. The molecule has 0 fully saturated rings. The van der Waals surface area contributed by atoms with Crippen molar-refractivity contribution in [1.29, 1.82) is 0 Å². The molecule has 1 aliphatic rings. The lowest BCUT2D eigenvalue weighted by atomic mass is 10.1. The maximum absolute atomic E-state index is 4.47. The molecule has 21 heavy (non-hydrogen) atoms. The fourth-order valence-corrected chi connectivity index (χ4v) is 3.62. The van der Waals surface area contributed by atoms with Crippen LogP contribution in [0.4, 0.5) is 0 Å². The molecule has 0 amide bonds. The van der Waals surface area contributed by atoms with Gasteiger partial charge in [0.05, 0.1) is 10.6 Å². The zero-order valence-corrected chi connectivity index (χ0v) is 14.4. The average Bonchev–Trinajstić information content (AvgIpc) is 2.91. The van der Waals surface area contributed by atoms with Crippen molar-refractivity contribution in [2.24, 2.45) is 4.99 Å². The molecular weight excluding hydrogens is 276 g/mol. The van der Waals surface area contributed by atoms with Gasteiger partial charge in [0.1, 0.15) is 0 Å². The number of aryl methyl sites for hydroxylation is 1. The number of allylic oxidation sites excluding steroid dienone is 3. The Morgan fingerprint density at radius 3 is 2.71 bits per heavy atom. The largest absolute Gasteiger partial charge is 0.377 e. The minimum atomic E-state index is 1.08. The number of rotatable bonds is 4. The van der Waals surface area contributed by atoms with Gasteiger partial charge in [0.25, 0.3) is 0 Å². The van der Waals surface area contributed by atoms with Crippen LogP contribution in [0.1, 0.15) is 31.4 Å². The van der Waals surface area contributed by atoms with E-state index in [0.29, 0.717) is 0 Å². The van der Waals surface area contributed by atoms with Crippen LogP contribution in [0, 0.1) is 6.92 Å². The summed E-state index contributed by atoms with van der Waals surface area (Å²) in [7, 11) is 4.03. The Bertz CT molecular complexity index is 611. The van der Waals surface area contributed by atoms with E-state index in [-0.39, 0.29) is 0 Å². The van der Waals surface area contributed by atoms with Crippen molar-refractivity contribution in [1.82, 2.24) is 4.90 Å². The van der Waals surface area contributed by atoms with Crippen molar-refractivity contribution in [3.05, 3.63) is 52.1 Å². The summed E-state index contributed by atoms with van der Waals surface area (Å²) < 4.78 is 0. The lowest BCUT2D eigenvalue weighted by Crippen LogP contribution is -2.18. The molecule has 0 unspecified atom stereocenters. The van der Waals surface area contributed by atoms with Crippen LogP contribution in [0.15, 0.2) is 45.9 Å². The third kappa shape index (κ3) is 3.59. The second-order valence-corrected chi connectivity index (χ2v) is 6.48. The average molecular weight is 300 g/mol. The van der Waals surface area contributed by atoms with Gasteiger partial charge in [0, 0.05) is 31.2 Å². The highest BCUT2D eigenvalue weighted by Crippen LogP contribution is 2.42. The molecule has 0 saturated heterocycles.